The van der Waals surface area contributed by atoms with Crippen molar-refractivity contribution in [3.8, 4) is 0 Å². The predicted molar refractivity (Wildman–Crippen MR) is 35.6 cm³/mol. The van der Waals surface area contributed by atoms with Crippen molar-refractivity contribution in [2.75, 3.05) is 0 Å². The fourth-order valence-electron chi connectivity index (χ4n) is 0.732. The first-order valence-corrected chi connectivity index (χ1v) is 2.89. The highest BCUT2D eigenvalue weighted by atomic mass is 19.1. The zero-order valence-electron chi connectivity index (χ0n) is 5.62. The fraction of sp³-hybridized carbons (Fsp3) is 0.125. The van der Waals surface area contributed by atoms with E-state index in [9.17, 15) is 8.78 Å². The molecule has 0 atom stereocenters. The third-order valence-electron chi connectivity index (χ3n) is 1.38. The van der Waals surface area contributed by atoms with Crippen LogP contribution in [-0.2, 0) is 0 Å². The minimum Gasteiger partial charge on any atom is -0.207 e. The van der Waals surface area contributed by atoms with Crippen LogP contribution >= 0.6 is 0 Å². The molecule has 0 unspecified atom stereocenters. The van der Waals surface area contributed by atoms with Crippen molar-refractivity contribution in [3.05, 3.63) is 41.8 Å². The Morgan fingerprint density at radius 3 is 2.40 bits per heavy atom. The summed E-state index contributed by atoms with van der Waals surface area (Å²) in [6.07, 6.45) is 0. The van der Waals surface area contributed by atoms with Gasteiger partial charge in [0, 0.05) is 6.07 Å². The molecule has 0 nitrogen and oxygen atoms in total. The molecule has 1 aromatic rings. The van der Waals surface area contributed by atoms with E-state index in [-0.39, 0.29) is 5.56 Å². The molecule has 53 valence electrons. The number of hydrogen-bond donors (Lipinski definition) is 0. The Balaban J connectivity index is 3.31. The quantitative estimate of drug-likeness (QED) is 0.520. The smallest absolute Gasteiger partial charge is 0.129 e. The molecule has 0 bridgehead atoms. The van der Waals surface area contributed by atoms with Crippen LogP contribution in [0.1, 0.15) is 11.1 Å². The van der Waals surface area contributed by atoms with Crippen molar-refractivity contribution < 1.29 is 8.78 Å². The van der Waals surface area contributed by atoms with Gasteiger partial charge in [-0.1, -0.05) is 0 Å². The lowest BCUT2D eigenvalue weighted by Gasteiger charge is -1.99. The van der Waals surface area contributed by atoms with Crippen molar-refractivity contribution in [2.24, 2.45) is 0 Å². The maximum atomic E-state index is 12.5. The van der Waals surface area contributed by atoms with Crippen molar-refractivity contribution >= 4 is 0 Å². The van der Waals surface area contributed by atoms with Gasteiger partial charge in [-0.15, -0.1) is 0 Å². The van der Waals surface area contributed by atoms with Crippen LogP contribution in [0.2, 0.25) is 0 Å². The fourth-order valence-corrected chi connectivity index (χ4v) is 0.732. The van der Waals surface area contributed by atoms with Gasteiger partial charge in [-0.2, -0.15) is 0 Å². The van der Waals surface area contributed by atoms with E-state index in [0.717, 1.165) is 6.07 Å². The summed E-state index contributed by atoms with van der Waals surface area (Å²) >= 11 is 0. The summed E-state index contributed by atoms with van der Waals surface area (Å²) in [6, 6.07) is 2.08. The lowest BCUT2D eigenvalue weighted by Crippen LogP contribution is -1.88. The van der Waals surface area contributed by atoms with Gasteiger partial charge >= 0.3 is 0 Å². The molecule has 0 aromatic heterocycles. The SMILES string of the molecule is [CH2]c1c(C)cc(F)cc1F. The number of hydrogen-bond acceptors (Lipinski definition) is 0. The van der Waals surface area contributed by atoms with Crippen molar-refractivity contribution in [3.63, 3.8) is 0 Å². The van der Waals surface area contributed by atoms with Gasteiger partial charge in [-0.05, 0) is 31.0 Å². The minimum atomic E-state index is -0.586. The van der Waals surface area contributed by atoms with Gasteiger partial charge in [0.2, 0.25) is 0 Å². The molecule has 0 saturated carbocycles. The van der Waals surface area contributed by atoms with Gasteiger partial charge in [0.15, 0.2) is 0 Å². The number of aryl methyl sites for hydroxylation is 1. The van der Waals surface area contributed by atoms with E-state index >= 15 is 0 Å². The Morgan fingerprint density at radius 1 is 1.30 bits per heavy atom. The molecule has 1 rings (SSSR count). The third kappa shape index (κ3) is 1.15. The van der Waals surface area contributed by atoms with Crippen molar-refractivity contribution in [1.29, 1.82) is 0 Å². The maximum absolute atomic E-state index is 12.5. The normalized spacial score (nSPS) is 10.0. The monoisotopic (exact) mass is 141 g/mol. The number of benzene rings is 1. The van der Waals surface area contributed by atoms with E-state index in [1.165, 1.54) is 6.07 Å². The Bertz CT molecular complexity index is 230. The Morgan fingerprint density at radius 2 is 1.90 bits per heavy atom. The topological polar surface area (TPSA) is 0 Å². The van der Waals surface area contributed by atoms with Crippen LogP contribution in [0.3, 0.4) is 0 Å². The van der Waals surface area contributed by atoms with Crippen LogP contribution in [0.15, 0.2) is 12.1 Å². The molecule has 0 aliphatic carbocycles. The van der Waals surface area contributed by atoms with E-state index in [4.69, 9.17) is 0 Å². The summed E-state index contributed by atoms with van der Waals surface area (Å²) in [4.78, 5) is 0. The molecule has 2 heteroatoms. The second-order valence-corrected chi connectivity index (χ2v) is 2.18. The average Bonchev–Trinajstić information content (AvgIpc) is 1.82. The van der Waals surface area contributed by atoms with E-state index in [1.807, 2.05) is 0 Å². The minimum absolute atomic E-state index is 0.265. The Kier molecular flexibility index (Phi) is 1.70. The summed E-state index contributed by atoms with van der Waals surface area (Å²) in [5.41, 5.74) is 0.805. The van der Waals surface area contributed by atoms with Crippen molar-refractivity contribution in [2.45, 2.75) is 6.92 Å². The first kappa shape index (κ1) is 7.19. The highest BCUT2D eigenvalue weighted by Crippen LogP contribution is 2.12. The molecule has 0 aliphatic heterocycles. The van der Waals surface area contributed by atoms with Gasteiger partial charge in [-0.25, -0.2) is 8.78 Å². The molecule has 0 N–H and O–H groups in total. The molecule has 0 amide bonds. The third-order valence-corrected chi connectivity index (χ3v) is 1.38. The molecular formula is C8H7F2. The summed E-state index contributed by atoms with van der Waals surface area (Å²) in [5, 5.41) is 0. The van der Waals surface area contributed by atoms with Crippen LogP contribution in [-0.4, -0.2) is 0 Å². The lowest BCUT2D eigenvalue weighted by atomic mass is 10.1. The van der Waals surface area contributed by atoms with E-state index < -0.39 is 11.6 Å². The van der Waals surface area contributed by atoms with Crippen LogP contribution in [0.25, 0.3) is 0 Å². The van der Waals surface area contributed by atoms with Gasteiger partial charge < -0.3 is 0 Å². The van der Waals surface area contributed by atoms with Gasteiger partial charge in [0.25, 0.3) is 0 Å². The first-order chi connectivity index (χ1) is 4.61. The second-order valence-electron chi connectivity index (χ2n) is 2.18. The predicted octanol–water partition coefficient (Wildman–Crippen LogP) is 2.46. The van der Waals surface area contributed by atoms with Gasteiger partial charge in [0.05, 0.1) is 0 Å². The number of rotatable bonds is 0. The zero-order valence-corrected chi connectivity index (χ0v) is 5.62. The molecule has 0 heterocycles. The van der Waals surface area contributed by atoms with Crippen LogP contribution < -0.4 is 0 Å². The molecule has 10 heavy (non-hydrogen) atoms. The lowest BCUT2D eigenvalue weighted by molar-refractivity contribution is 0.578. The summed E-state index contributed by atoms with van der Waals surface area (Å²) in [6.45, 7) is 5.04. The van der Waals surface area contributed by atoms with Gasteiger partial charge in [-0.3, -0.25) is 0 Å². The summed E-state index contributed by atoms with van der Waals surface area (Å²) < 4.78 is 24.9. The second kappa shape index (κ2) is 2.37. The molecule has 0 spiro atoms. The molecule has 1 radical (unpaired) electrons. The highest BCUT2D eigenvalue weighted by molar-refractivity contribution is 5.30. The molecule has 0 saturated heterocycles. The molecule has 1 aromatic carbocycles. The molecule has 0 aliphatic rings. The average molecular weight is 141 g/mol. The maximum Gasteiger partial charge on any atom is 0.129 e. The Labute approximate surface area is 58.5 Å². The first-order valence-electron chi connectivity index (χ1n) is 2.89. The zero-order chi connectivity index (χ0) is 7.72. The summed E-state index contributed by atoms with van der Waals surface area (Å²) in [7, 11) is 0. The van der Waals surface area contributed by atoms with Crippen molar-refractivity contribution in [1.82, 2.24) is 0 Å². The highest BCUT2D eigenvalue weighted by Gasteiger charge is 2.01. The molecular weight excluding hydrogens is 134 g/mol. The largest absolute Gasteiger partial charge is 0.207 e. The van der Waals surface area contributed by atoms with E-state index in [2.05, 4.69) is 6.92 Å². The summed E-state index contributed by atoms with van der Waals surface area (Å²) in [5.74, 6) is -1.14. The standard InChI is InChI=1S/C8H7F2/c1-5-3-7(9)4-8(10)6(5)2/h3-4H,2H2,1H3. The Hall–Kier alpha value is -0.920. The van der Waals surface area contributed by atoms with E-state index in [0.29, 0.717) is 5.56 Å². The van der Waals surface area contributed by atoms with Crippen LogP contribution in [0.5, 0.6) is 0 Å². The van der Waals surface area contributed by atoms with Crippen LogP contribution in [0, 0.1) is 25.5 Å². The van der Waals surface area contributed by atoms with E-state index in [1.54, 1.807) is 6.92 Å². The molecule has 0 fully saturated rings. The van der Waals surface area contributed by atoms with Crippen LogP contribution in [0.4, 0.5) is 8.78 Å². The van der Waals surface area contributed by atoms with Gasteiger partial charge in [0.1, 0.15) is 11.6 Å². The number of halogens is 2.